The Balaban J connectivity index is 1.71. The molecule has 0 aliphatic rings. The first kappa shape index (κ1) is 19.7. The number of carbonyl (C=O) groups excluding carboxylic acids is 1. The summed E-state index contributed by atoms with van der Waals surface area (Å²) in [6, 6.07) is 17.8. The molecule has 0 radical (unpaired) electrons. The highest BCUT2D eigenvalue weighted by atomic mass is 16.5. The molecule has 0 saturated heterocycles. The van der Waals surface area contributed by atoms with E-state index in [0.29, 0.717) is 5.92 Å². The van der Waals surface area contributed by atoms with Crippen LogP contribution in [-0.4, -0.2) is 22.3 Å². The molecule has 1 unspecified atom stereocenters. The number of hydrogen-bond acceptors (Lipinski definition) is 3. The first-order valence-electron chi connectivity index (χ1n) is 9.64. The summed E-state index contributed by atoms with van der Waals surface area (Å²) in [4.78, 5) is 12.5. The van der Waals surface area contributed by atoms with E-state index >= 15 is 0 Å². The number of aromatic nitrogens is 2. The lowest BCUT2D eigenvalue weighted by atomic mass is 9.98. The van der Waals surface area contributed by atoms with Crippen LogP contribution in [0.25, 0.3) is 5.69 Å². The maximum atomic E-state index is 12.5. The number of hydrogen-bond donors (Lipinski definition) is 1. The third kappa shape index (κ3) is 4.25. The summed E-state index contributed by atoms with van der Waals surface area (Å²) in [5.41, 5.74) is 4.48. The van der Waals surface area contributed by atoms with Crippen molar-refractivity contribution >= 4 is 11.6 Å². The Hall–Kier alpha value is -3.08. The molecular formula is C23H27N3O2. The van der Waals surface area contributed by atoms with Gasteiger partial charge in [-0.05, 0) is 49.9 Å². The molecule has 1 N–H and O–H groups in total. The van der Waals surface area contributed by atoms with Crippen LogP contribution in [0.2, 0.25) is 0 Å². The first-order valence-corrected chi connectivity index (χ1v) is 9.64. The number of benzene rings is 2. The normalized spacial score (nSPS) is 11.9. The standard InChI is InChI=1S/C23H27N3O2/c1-5-16(2)20-13-9-10-14-21(20)28-15-22(27)24-23-17(3)25-26(18(23)4)19-11-7-6-8-12-19/h6-14,16H,5,15H2,1-4H3,(H,24,27). The number of anilines is 1. The maximum Gasteiger partial charge on any atom is 0.262 e. The second-order valence-electron chi connectivity index (χ2n) is 6.98. The average molecular weight is 377 g/mol. The molecule has 0 fully saturated rings. The maximum absolute atomic E-state index is 12.5. The summed E-state index contributed by atoms with van der Waals surface area (Å²) in [6.45, 7) is 8.10. The zero-order valence-corrected chi connectivity index (χ0v) is 16.9. The van der Waals surface area contributed by atoms with Gasteiger partial charge in [0.1, 0.15) is 5.75 Å². The van der Waals surface area contributed by atoms with E-state index in [-0.39, 0.29) is 12.5 Å². The summed E-state index contributed by atoms with van der Waals surface area (Å²) in [7, 11) is 0. The zero-order valence-electron chi connectivity index (χ0n) is 16.9. The van der Waals surface area contributed by atoms with Gasteiger partial charge in [0.2, 0.25) is 0 Å². The molecule has 0 aliphatic heterocycles. The fraction of sp³-hybridized carbons (Fsp3) is 0.304. The quantitative estimate of drug-likeness (QED) is 0.629. The number of para-hydroxylation sites is 2. The Morgan fingerprint density at radius 1 is 1.11 bits per heavy atom. The fourth-order valence-corrected chi connectivity index (χ4v) is 3.20. The molecule has 5 nitrogen and oxygen atoms in total. The number of ether oxygens (including phenoxy) is 1. The van der Waals surface area contributed by atoms with Crippen LogP contribution in [0.15, 0.2) is 54.6 Å². The largest absolute Gasteiger partial charge is 0.483 e. The van der Waals surface area contributed by atoms with Gasteiger partial charge >= 0.3 is 0 Å². The number of nitrogens with one attached hydrogen (secondary N) is 1. The van der Waals surface area contributed by atoms with Crippen LogP contribution in [0.5, 0.6) is 5.75 Å². The minimum Gasteiger partial charge on any atom is -0.483 e. The van der Waals surface area contributed by atoms with Gasteiger partial charge in [0.25, 0.3) is 5.91 Å². The highest BCUT2D eigenvalue weighted by Gasteiger charge is 2.16. The molecule has 0 bridgehead atoms. The minimum absolute atomic E-state index is 0.0388. The molecule has 1 aromatic heterocycles. The highest BCUT2D eigenvalue weighted by Crippen LogP contribution is 2.28. The van der Waals surface area contributed by atoms with Crippen molar-refractivity contribution in [1.82, 2.24) is 9.78 Å². The molecule has 28 heavy (non-hydrogen) atoms. The number of rotatable bonds is 7. The van der Waals surface area contributed by atoms with E-state index in [0.717, 1.165) is 40.5 Å². The number of carbonyl (C=O) groups is 1. The van der Waals surface area contributed by atoms with Gasteiger partial charge in [-0.3, -0.25) is 4.79 Å². The van der Waals surface area contributed by atoms with Gasteiger partial charge in [-0.15, -0.1) is 0 Å². The molecule has 0 aliphatic carbocycles. The molecule has 146 valence electrons. The van der Waals surface area contributed by atoms with Crippen molar-refractivity contribution in [3.05, 3.63) is 71.5 Å². The summed E-state index contributed by atoms with van der Waals surface area (Å²) in [5.74, 6) is 0.950. The van der Waals surface area contributed by atoms with E-state index in [1.807, 2.05) is 67.1 Å². The Labute approximate surface area is 166 Å². The van der Waals surface area contributed by atoms with Crippen LogP contribution in [-0.2, 0) is 4.79 Å². The summed E-state index contributed by atoms with van der Waals surface area (Å²) >= 11 is 0. The topological polar surface area (TPSA) is 56.1 Å². The molecule has 1 atom stereocenters. The molecule has 3 rings (SSSR count). The summed E-state index contributed by atoms with van der Waals surface area (Å²) in [5, 5.41) is 7.52. The molecule has 1 heterocycles. The molecule has 2 aromatic carbocycles. The fourth-order valence-electron chi connectivity index (χ4n) is 3.20. The SMILES string of the molecule is CCC(C)c1ccccc1OCC(=O)Nc1c(C)nn(-c2ccccc2)c1C. The van der Waals surface area contributed by atoms with Gasteiger partial charge in [0, 0.05) is 0 Å². The van der Waals surface area contributed by atoms with Crippen molar-refractivity contribution in [2.24, 2.45) is 0 Å². The monoisotopic (exact) mass is 377 g/mol. The van der Waals surface area contributed by atoms with Crippen LogP contribution in [0.4, 0.5) is 5.69 Å². The van der Waals surface area contributed by atoms with Crippen molar-refractivity contribution < 1.29 is 9.53 Å². The van der Waals surface area contributed by atoms with Crippen LogP contribution in [0, 0.1) is 13.8 Å². The van der Waals surface area contributed by atoms with E-state index in [9.17, 15) is 4.79 Å². The second kappa shape index (κ2) is 8.74. The summed E-state index contributed by atoms with van der Waals surface area (Å²) < 4.78 is 7.66. The van der Waals surface area contributed by atoms with Crippen LogP contribution < -0.4 is 10.1 Å². The molecule has 3 aromatic rings. The van der Waals surface area contributed by atoms with Crippen LogP contribution in [0.3, 0.4) is 0 Å². The van der Waals surface area contributed by atoms with Crippen molar-refractivity contribution in [1.29, 1.82) is 0 Å². The van der Waals surface area contributed by atoms with Gasteiger partial charge in [0.15, 0.2) is 6.61 Å². The Morgan fingerprint density at radius 3 is 2.50 bits per heavy atom. The van der Waals surface area contributed by atoms with Gasteiger partial charge in [-0.1, -0.05) is 50.2 Å². The predicted molar refractivity (Wildman–Crippen MR) is 112 cm³/mol. The van der Waals surface area contributed by atoms with E-state index in [1.54, 1.807) is 0 Å². The number of amides is 1. The van der Waals surface area contributed by atoms with Gasteiger partial charge in [0.05, 0.1) is 22.8 Å². The highest BCUT2D eigenvalue weighted by molar-refractivity contribution is 5.93. The lowest BCUT2D eigenvalue weighted by Gasteiger charge is -2.15. The lowest BCUT2D eigenvalue weighted by Crippen LogP contribution is -2.21. The van der Waals surface area contributed by atoms with E-state index < -0.39 is 0 Å². The number of nitrogens with zero attached hydrogens (tertiary/aromatic N) is 2. The zero-order chi connectivity index (χ0) is 20.1. The Bertz CT molecular complexity index is 948. The van der Waals surface area contributed by atoms with Crippen molar-refractivity contribution in [2.75, 3.05) is 11.9 Å². The van der Waals surface area contributed by atoms with Crippen LogP contribution in [0.1, 0.15) is 43.1 Å². The molecule has 0 spiro atoms. The minimum atomic E-state index is -0.197. The molecule has 1 amide bonds. The third-order valence-electron chi connectivity index (χ3n) is 4.98. The third-order valence-corrected chi connectivity index (χ3v) is 4.98. The molecule has 5 heteroatoms. The van der Waals surface area contributed by atoms with Crippen LogP contribution >= 0.6 is 0 Å². The second-order valence-corrected chi connectivity index (χ2v) is 6.98. The summed E-state index contributed by atoms with van der Waals surface area (Å²) in [6.07, 6.45) is 1.02. The first-order chi connectivity index (χ1) is 13.5. The molecule has 0 saturated carbocycles. The van der Waals surface area contributed by atoms with Gasteiger partial charge < -0.3 is 10.1 Å². The van der Waals surface area contributed by atoms with E-state index in [1.165, 1.54) is 0 Å². The van der Waals surface area contributed by atoms with E-state index in [4.69, 9.17) is 4.74 Å². The van der Waals surface area contributed by atoms with Gasteiger partial charge in [-0.25, -0.2) is 4.68 Å². The smallest absolute Gasteiger partial charge is 0.262 e. The Morgan fingerprint density at radius 2 is 1.79 bits per heavy atom. The van der Waals surface area contributed by atoms with Crippen molar-refractivity contribution in [3.63, 3.8) is 0 Å². The van der Waals surface area contributed by atoms with Crippen molar-refractivity contribution in [3.8, 4) is 11.4 Å². The van der Waals surface area contributed by atoms with E-state index in [2.05, 4.69) is 30.3 Å². The average Bonchev–Trinajstić information content (AvgIpc) is 3.00. The predicted octanol–water partition coefficient (Wildman–Crippen LogP) is 5.02. The Kier molecular flexibility index (Phi) is 6.14. The number of aryl methyl sites for hydroxylation is 1. The van der Waals surface area contributed by atoms with Gasteiger partial charge in [-0.2, -0.15) is 5.10 Å². The van der Waals surface area contributed by atoms with Crippen molar-refractivity contribution in [2.45, 2.75) is 40.0 Å². The molecular weight excluding hydrogens is 350 g/mol. The lowest BCUT2D eigenvalue weighted by molar-refractivity contribution is -0.118.